The molecule has 0 fully saturated rings. The minimum atomic E-state index is -3.59. The lowest BCUT2D eigenvalue weighted by Gasteiger charge is -2.12. The van der Waals surface area contributed by atoms with Crippen molar-refractivity contribution in [3.8, 4) is 5.75 Å². The quantitative estimate of drug-likeness (QED) is 0.749. The van der Waals surface area contributed by atoms with Crippen LogP contribution in [-0.4, -0.2) is 33.6 Å². The maximum Gasteiger partial charge on any atom is 0.244 e. The normalized spacial score (nSPS) is 13.2. The molecule has 0 bridgehead atoms. The van der Waals surface area contributed by atoms with Crippen molar-refractivity contribution in [2.45, 2.75) is 23.5 Å². The Balaban J connectivity index is 2.85. The van der Waals surface area contributed by atoms with E-state index >= 15 is 0 Å². The first-order valence-corrected chi connectivity index (χ1v) is 8.63. The number of rotatable bonds is 7. The molecule has 0 radical (unpaired) electrons. The molecule has 0 heterocycles. The molecule has 0 aliphatic carbocycles. The molecule has 19 heavy (non-hydrogen) atoms. The van der Waals surface area contributed by atoms with Crippen molar-refractivity contribution in [2.75, 3.05) is 25.6 Å². The van der Waals surface area contributed by atoms with Crippen LogP contribution < -0.4 is 15.2 Å². The number of nitrogens with one attached hydrogen (secondary N) is 1. The first-order valence-electron chi connectivity index (χ1n) is 5.86. The molecular weight excluding hydrogens is 284 g/mol. The fourth-order valence-corrected chi connectivity index (χ4v) is 3.10. The zero-order valence-electron chi connectivity index (χ0n) is 11.3. The lowest BCUT2D eigenvalue weighted by atomic mass is 10.3. The summed E-state index contributed by atoms with van der Waals surface area (Å²) in [5.41, 5.74) is 6.01. The molecule has 1 unspecified atom stereocenters. The molecule has 3 N–H and O–H groups in total. The van der Waals surface area contributed by atoms with Gasteiger partial charge in [-0.1, -0.05) is 6.92 Å². The third-order valence-electron chi connectivity index (χ3n) is 2.72. The fraction of sp³-hybridized carbons (Fsp3) is 0.500. The number of hydrogen-bond acceptors (Lipinski definition) is 5. The van der Waals surface area contributed by atoms with Gasteiger partial charge in [0.2, 0.25) is 10.0 Å². The Kier molecular flexibility index (Phi) is 5.96. The highest BCUT2D eigenvalue weighted by atomic mass is 32.2. The van der Waals surface area contributed by atoms with Crippen molar-refractivity contribution in [2.24, 2.45) is 0 Å². The fourth-order valence-electron chi connectivity index (χ4n) is 1.50. The summed E-state index contributed by atoms with van der Waals surface area (Å²) >= 11 is 1.70. The number of thioether (sulfide) groups is 1. The van der Waals surface area contributed by atoms with E-state index in [4.69, 9.17) is 10.5 Å². The molecule has 1 aromatic carbocycles. The van der Waals surface area contributed by atoms with Gasteiger partial charge in [0, 0.05) is 17.5 Å². The highest BCUT2D eigenvalue weighted by molar-refractivity contribution is 7.99. The lowest BCUT2D eigenvalue weighted by molar-refractivity contribution is 0.402. The number of hydrogen-bond donors (Lipinski definition) is 2. The zero-order chi connectivity index (χ0) is 14.5. The lowest BCUT2D eigenvalue weighted by Crippen LogP contribution is -2.26. The third-order valence-corrected chi connectivity index (χ3v) is 5.25. The minimum absolute atomic E-state index is 0.0757. The second kappa shape index (κ2) is 7.02. The Labute approximate surface area is 119 Å². The van der Waals surface area contributed by atoms with Crippen LogP contribution in [0.5, 0.6) is 5.75 Å². The predicted octanol–water partition coefficient (Wildman–Crippen LogP) is 1.70. The molecule has 0 aliphatic heterocycles. The standard InChI is InChI=1S/C12H20N2O3S2/c1-9(18-3)6-7-14-19(15,16)12-8-10(13)4-5-11(12)17-2/h4-5,8-9,14H,6-7,13H2,1-3H3. The molecule has 1 rings (SSSR count). The van der Waals surface area contributed by atoms with E-state index in [1.165, 1.54) is 13.2 Å². The van der Waals surface area contributed by atoms with Gasteiger partial charge in [0.15, 0.2) is 0 Å². The molecule has 1 atom stereocenters. The van der Waals surface area contributed by atoms with Gasteiger partial charge in [0.1, 0.15) is 10.6 Å². The number of nitrogen functional groups attached to an aromatic ring is 1. The summed E-state index contributed by atoms with van der Waals surface area (Å²) in [5, 5.41) is 0.408. The number of sulfonamides is 1. The van der Waals surface area contributed by atoms with Gasteiger partial charge in [-0.15, -0.1) is 0 Å². The van der Waals surface area contributed by atoms with Crippen LogP contribution in [0.1, 0.15) is 13.3 Å². The third kappa shape index (κ3) is 4.59. The van der Waals surface area contributed by atoms with Crippen molar-refractivity contribution >= 4 is 27.5 Å². The maximum absolute atomic E-state index is 12.2. The predicted molar refractivity (Wildman–Crippen MR) is 80.2 cm³/mol. The Morgan fingerprint density at radius 2 is 2.16 bits per heavy atom. The highest BCUT2D eigenvalue weighted by Gasteiger charge is 2.19. The van der Waals surface area contributed by atoms with Gasteiger partial charge in [0.05, 0.1) is 7.11 Å². The van der Waals surface area contributed by atoms with E-state index in [1.54, 1.807) is 23.9 Å². The molecule has 0 aliphatic rings. The SMILES string of the molecule is COc1ccc(N)cc1S(=O)(=O)NCCC(C)SC. The Morgan fingerprint density at radius 1 is 1.47 bits per heavy atom. The van der Waals surface area contributed by atoms with Gasteiger partial charge in [-0.05, 0) is 30.9 Å². The summed E-state index contributed by atoms with van der Waals surface area (Å²) in [7, 11) is -2.16. The Hall–Kier alpha value is -0.920. The number of anilines is 1. The van der Waals surface area contributed by atoms with E-state index in [1.807, 2.05) is 6.26 Å². The monoisotopic (exact) mass is 304 g/mol. The summed E-state index contributed by atoms with van der Waals surface area (Å²) in [4.78, 5) is 0.0757. The van der Waals surface area contributed by atoms with Gasteiger partial charge in [-0.3, -0.25) is 0 Å². The van der Waals surface area contributed by atoms with Crippen molar-refractivity contribution in [3.05, 3.63) is 18.2 Å². The maximum atomic E-state index is 12.2. The van der Waals surface area contributed by atoms with Crippen LogP contribution in [0.2, 0.25) is 0 Å². The molecule has 5 nitrogen and oxygen atoms in total. The zero-order valence-corrected chi connectivity index (χ0v) is 13.0. The van der Waals surface area contributed by atoms with E-state index in [-0.39, 0.29) is 4.90 Å². The first kappa shape index (κ1) is 16.1. The van der Waals surface area contributed by atoms with Crippen molar-refractivity contribution in [1.29, 1.82) is 0 Å². The minimum Gasteiger partial charge on any atom is -0.495 e. The van der Waals surface area contributed by atoms with E-state index in [0.29, 0.717) is 23.2 Å². The van der Waals surface area contributed by atoms with Crippen LogP contribution in [0.4, 0.5) is 5.69 Å². The molecule has 1 aromatic rings. The van der Waals surface area contributed by atoms with E-state index < -0.39 is 10.0 Å². The van der Waals surface area contributed by atoms with Crippen molar-refractivity contribution in [1.82, 2.24) is 4.72 Å². The number of ether oxygens (including phenoxy) is 1. The number of nitrogens with two attached hydrogens (primary N) is 1. The Bertz CT molecular complexity index is 518. The average Bonchev–Trinajstić information content (AvgIpc) is 2.38. The Morgan fingerprint density at radius 3 is 2.74 bits per heavy atom. The van der Waals surface area contributed by atoms with Crippen molar-refractivity contribution in [3.63, 3.8) is 0 Å². The van der Waals surface area contributed by atoms with E-state index in [2.05, 4.69) is 11.6 Å². The van der Waals surface area contributed by atoms with Crippen LogP contribution >= 0.6 is 11.8 Å². The molecule has 0 aromatic heterocycles. The molecule has 0 saturated carbocycles. The smallest absolute Gasteiger partial charge is 0.244 e. The second-order valence-electron chi connectivity index (χ2n) is 4.14. The van der Waals surface area contributed by atoms with Crippen LogP contribution in [0.3, 0.4) is 0 Å². The van der Waals surface area contributed by atoms with Gasteiger partial charge in [0.25, 0.3) is 0 Å². The largest absolute Gasteiger partial charge is 0.495 e. The first-order chi connectivity index (χ1) is 8.90. The number of benzene rings is 1. The summed E-state index contributed by atoms with van der Waals surface area (Å²) in [5.74, 6) is 0.291. The van der Waals surface area contributed by atoms with Gasteiger partial charge >= 0.3 is 0 Å². The summed E-state index contributed by atoms with van der Waals surface area (Å²) in [6, 6.07) is 4.56. The van der Waals surface area contributed by atoms with Crippen LogP contribution in [0.25, 0.3) is 0 Å². The average molecular weight is 304 g/mol. The number of methoxy groups -OCH3 is 1. The highest BCUT2D eigenvalue weighted by Crippen LogP contribution is 2.25. The molecule has 108 valence electrons. The van der Waals surface area contributed by atoms with E-state index in [0.717, 1.165) is 6.42 Å². The summed E-state index contributed by atoms with van der Waals surface area (Å²) < 4.78 is 32.0. The topological polar surface area (TPSA) is 81.4 Å². The van der Waals surface area contributed by atoms with Gasteiger partial charge < -0.3 is 10.5 Å². The van der Waals surface area contributed by atoms with Crippen molar-refractivity contribution < 1.29 is 13.2 Å². The summed E-state index contributed by atoms with van der Waals surface area (Å²) in [6.07, 6.45) is 2.77. The molecule has 0 saturated heterocycles. The van der Waals surface area contributed by atoms with Crippen LogP contribution in [-0.2, 0) is 10.0 Å². The second-order valence-corrected chi connectivity index (χ2v) is 7.15. The molecule has 0 spiro atoms. The molecular formula is C12H20N2O3S2. The molecule has 0 amide bonds. The van der Waals surface area contributed by atoms with E-state index in [9.17, 15) is 8.42 Å². The van der Waals surface area contributed by atoms with Gasteiger partial charge in [-0.25, -0.2) is 13.1 Å². The molecule has 7 heteroatoms. The van der Waals surface area contributed by atoms with Crippen LogP contribution in [0, 0.1) is 0 Å². The van der Waals surface area contributed by atoms with Gasteiger partial charge in [-0.2, -0.15) is 11.8 Å². The summed E-state index contributed by atoms with van der Waals surface area (Å²) in [6.45, 7) is 2.45. The van der Waals surface area contributed by atoms with Crippen LogP contribution in [0.15, 0.2) is 23.1 Å².